The van der Waals surface area contributed by atoms with Crippen molar-refractivity contribution in [3.8, 4) is 0 Å². The number of thioether (sulfide) groups is 1. The fourth-order valence-electron chi connectivity index (χ4n) is 1.39. The first-order chi connectivity index (χ1) is 9.56. The summed E-state index contributed by atoms with van der Waals surface area (Å²) in [6.07, 6.45) is 1.80. The molecular weight excluding hydrogens is 344 g/mol. The zero-order chi connectivity index (χ0) is 15.0. The quantitative estimate of drug-likeness (QED) is 0.516. The minimum atomic E-state index is -1.09. The van der Waals surface area contributed by atoms with E-state index in [1.54, 1.807) is 30.0 Å². The van der Waals surface area contributed by atoms with Gasteiger partial charge in [0.25, 0.3) is 0 Å². The maximum atomic E-state index is 11.7. The average Bonchev–Trinajstić information content (AvgIpc) is 2.40. The van der Waals surface area contributed by atoms with Gasteiger partial charge in [0.15, 0.2) is 0 Å². The number of rotatable bonds is 7. The zero-order valence-corrected chi connectivity index (χ0v) is 13.1. The van der Waals surface area contributed by atoms with E-state index in [1.165, 1.54) is 6.07 Å². The number of benzene rings is 1. The second kappa shape index (κ2) is 8.65. The van der Waals surface area contributed by atoms with Gasteiger partial charge in [-0.25, -0.2) is 9.59 Å². The van der Waals surface area contributed by atoms with Crippen LogP contribution in [0.2, 0.25) is 0 Å². The summed E-state index contributed by atoms with van der Waals surface area (Å²) in [7, 11) is 0. The van der Waals surface area contributed by atoms with Crippen LogP contribution in [0.25, 0.3) is 0 Å². The molecule has 0 aliphatic carbocycles. The van der Waals surface area contributed by atoms with Crippen LogP contribution in [0.5, 0.6) is 0 Å². The number of anilines is 1. The third-order valence-corrected chi connectivity index (χ3v) is 3.88. The van der Waals surface area contributed by atoms with E-state index in [1.807, 2.05) is 0 Å². The Hall–Kier alpha value is -1.47. The number of carbonyl (C=O) groups excluding carboxylic acids is 1. The maximum absolute atomic E-state index is 11.7. The van der Waals surface area contributed by atoms with Crippen molar-refractivity contribution in [2.75, 3.05) is 23.4 Å². The van der Waals surface area contributed by atoms with Crippen LogP contribution in [0.15, 0.2) is 35.3 Å². The second-order valence-corrected chi connectivity index (χ2v) is 5.72. The molecule has 0 saturated carbocycles. The lowest BCUT2D eigenvalue weighted by atomic mass is 10.2. The molecule has 3 N–H and O–H groups in total. The molecule has 2 amide bonds. The highest BCUT2D eigenvalue weighted by atomic mass is 79.9. The average molecular weight is 359 g/mol. The van der Waals surface area contributed by atoms with Crippen molar-refractivity contribution >= 4 is 45.4 Å². The number of halogens is 1. The molecule has 1 aromatic rings. The lowest BCUT2D eigenvalue weighted by Gasteiger charge is -2.11. The van der Waals surface area contributed by atoms with E-state index >= 15 is 0 Å². The molecule has 0 atom stereocenters. The largest absolute Gasteiger partial charge is 0.478 e. The van der Waals surface area contributed by atoms with E-state index in [4.69, 9.17) is 5.11 Å². The van der Waals surface area contributed by atoms with Crippen molar-refractivity contribution in [3.05, 3.63) is 40.9 Å². The number of nitrogens with one attached hydrogen (secondary N) is 2. The molecular formula is C13H15BrN2O3S. The highest BCUT2D eigenvalue weighted by Gasteiger charge is 2.14. The third kappa shape index (κ3) is 5.26. The molecule has 0 aromatic heterocycles. The molecule has 108 valence electrons. The Kier molecular flexibility index (Phi) is 7.17. The summed E-state index contributed by atoms with van der Waals surface area (Å²) < 4.78 is 0.522. The van der Waals surface area contributed by atoms with Gasteiger partial charge in [0.1, 0.15) is 0 Å². The first-order valence-electron chi connectivity index (χ1n) is 5.81. The number of carboxylic acids is 1. The lowest BCUT2D eigenvalue weighted by molar-refractivity contribution is 0.0698. The van der Waals surface area contributed by atoms with Crippen LogP contribution in [0.3, 0.4) is 0 Å². The standard InChI is InChI=1S/C13H15BrN2O3S/c1-2-7-20-8-6-15-13(19)16-11-9(12(17)18)4-3-5-10(11)14/h2-5H,1,6-8H2,(H,17,18)(H2,15,16,19). The van der Waals surface area contributed by atoms with Crippen LogP contribution in [0, 0.1) is 0 Å². The number of urea groups is 1. The lowest BCUT2D eigenvalue weighted by Crippen LogP contribution is -2.31. The van der Waals surface area contributed by atoms with Crippen LogP contribution in [-0.4, -0.2) is 35.2 Å². The number of hydrogen-bond donors (Lipinski definition) is 3. The van der Waals surface area contributed by atoms with E-state index in [-0.39, 0.29) is 11.3 Å². The highest BCUT2D eigenvalue weighted by molar-refractivity contribution is 9.10. The maximum Gasteiger partial charge on any atom is 0.337 e. The van der Waals surface area contributed by atoms with Crippen molar-refractivity contribution in [1.82, 2.24) is 5.32 Å². The van der Waals surface area contributed by atoms with Gasteiger partial charge >= 0.3 is 12.0 Å². The van der Waals surface area contributed by atoms with E-state index in [9.17, 15) is 9.59 Å². The molecule has 0 aliphatic rings. The van der Waals surface area contributed by atoms with Crippen LogP contribution < -0.4 is 10.6 Å². The van der Waals surface area contributed by atoms with E-state index < -0.39 is 12.0 Å². The van der Waals surface area contributed by atoms with Gasteiger partial charge in [-0.05, 0) is 28.1 Å². The fraction of sp³-hybridized carbons (Fsp3) is 0.231. The predicted molar refractivity (Wildman–Crippen MR) is 85.6 cm³/mol. The molecule has 0 heterocycles. The van der Waals surface area contributed by atoms with Crippen molar-refractivity contribution in [1.29, 1.82) is 0 Å². The summed E-state index contributed by atoms with van der Waals surface area (Å²) in [4.78, 5) is 22.8. The summed E-state index contributed by atoms with van der Waals surface area (Å²) >= 11 is 4.87. The number of carboxylic acid groups (broad SMARTS) is 1. The first-order valence-corrected chi connectivity index (χ1v) is 7.76. The van der Waals surface area contributed by atoms with Gasteiger partial charge < -0.3 is 15.7 Å². The number of amides is 2. The number of para-hydroxylation sites is 1. The zero-order valence-electron chi connectivity index (χ0n) is 10.7. The van der Waals surface area contributed by atoms with Gasteiger partial charge in [0.2, 0.25) is 0 Å². The molecule has 1 rings (SSSR count). The molecule has 0 aliphatic heterocycles. The van der Waals surface area contributed by atoms with Gasteiger partial charge in [-0.1, -0.05) is 12.1 Å². The molecule has 0 saturated heterocycles. The van der Waals surface area contributed by atoms with Crippen LogP contribution in [-0.2, 0) is 0 Å². The summed E-state index contributed by atoms with van der Waals surface area (Å²) in [5.74, 6) is 0.501. The van der Waals surface area contributed by atoms with Crippen molar-refractivity contribution in [3.63, 3.8) is 0 Å². The molecule has 5 nitrogen and oxygen atoms in total. The van der Waals surface area contributed by atoms with E-state index in [2.05, 4.69) is 33.1 Å². The van der Waals surface area contributed by atoms with Crippen molar-refractivity contribution < 1.29 is 14.7 Å². The van der Waals surface area contributed by atoms with Crippen LogP contribution in [0.1, 0.15) is 10.4 Å². The van der Waals surface area contributed by atoms with Crippen LogP contribution >= 0.6 is 27.7 Å². The molecule has 20 heavy (non-hydrogen) atoms. The fourth-order valence-corrected chi connectivity index (χ4v) is 2.44. The Morgan fingerprint density at radius 1 is 1.45 bits per heavy atom. The Bertz CT molecular complexity index is 508. The first kappa shape index (κ1) is 16.6. The van der Waals surface area contributed by atoms with Crippen molar-refractivity contribution in [2.24, 2.45) is 0 Å². The Balaban J connectivity index is 2.57. The summed E-state index contributed by atoms with van der Waals surface area (Å²) in [5, 5.41) is 14.3. The van der Waals surface area contributed by atoms with Gasteiger partial charge in [0.05, 0.1) is 11.3 Å². The third-order valence-electron chi connectivity index (χ3n) is 2.25. The van der Waals surface area contributed by atoms with Gasteiger partial charge in [-0.2, -0.15) is 11.8 Å². The second-order valence-electron chi connectivity index (χ2n) is 3.71. The highest BCUT2D eigenvalue weighted by Crippen LogP contribution is 2.26. The van der Waals surface area contributed by atoms with Gasteiger partial charge in [0, 0.05) is 22.5 Å². The van der Waals surface area contributed by atoms with Gasteiger partial charge in [-0.15, -0.1) is 6.58 Å². The summed E-state index contributed by atoms with van der Waals surface area (Å²) in [5.41, 5.74) is 0.284. The Labute approximate surface area is 130 Å². The number of carbonyl (C=O) groups is 2. The van der Waals surface area contributed by atoms with E-state index in [0.29, 0.717) is 11.0 Å². The molecule has 1 aromatic carbocycles. The SMILES string of the molecule is C=CCSCCNC(=O)Nc1c(Br)cccc1C(=O)O. The molecule has 0 bridgehead atoms. The van der Waals surface area contributed by atoms with Crippen molar-refractivity contribution in [2.45, 2.75) is 0 Å². The Morgan fingerprint density at radius 2 is 2.20 bits per heavy atom. The van der Waals surface area contributed by atoms with Gasteiger partial charge in [-0.3, -0.25) is 0 Å². The minimum Gasteiger partial charge on any atom is -0.478 e. The van der Waals surface area contributed by atoms with Crippen LogP contribution in [0.4, 0.5) is 10.5 Å². The molecule has 7 heteroatoms. The summed E-state index contributed by atoms with van der Waals surface area (Å²) in [6.45, 7) is 4.10. The molecule has 0 unspecified atom stereocenters. The topological polar surface area (TPSA) is 78.4 Å². The number of aromatic carboxylic acids is 1. The Morgan fingerprint density at radius 3 is 2.85 bits per heavy atom. The molecule has 0 fully saturated rings. The van der Waals surface area contributed by atoms with E-state index in [0.717, 1.165) is 11.5 Å². The number of hydrogen-bond acceptors (Lipinski definition) is 3. The minimum absolute atomic E-state index is 0.0376. The predicted octanol–water partition coefficient (Wildman–Crippen LogP) is 3.19. The molecule has 0 spiro atoms. The normalized spacial score (nSPS) is 9.85. The smallest absolute Gasteiger partial charge is 0.337 e. The summed E-state index contributed by atoms with van der Waals surface area (Å²) in [6, 6.07) is 4.27. The molecule has 0 radical (unpaired) electrons. The monoisotopic (exact) mass is 358 g/mol.